The van der Waals surface area contributed by atoms with Crippen LogP contribution in [0.1, 0.15) is 22.8 Å². The molecule has 4 heteroatoms. The molecule has 4 aromatic carbocycles. The van der Waals surface area contributed by atoms with E-state index in [9.17, 15) is 0 Å². The zero-order chi connectivity index (χ0) is 31.9. The highest BCUT2D eigenvalue weighted by molar-refractivity contribution is 7.24. The number of nitrogens with zero attached hydrogens (tertiary/aromatic N) is 2. The van der Waals surface area contributed by atoms with Crippen LogP contribution in [0.3, 0.4) is 0 Å². The predicted molar refractivity (Wildman–Crippen MR) is 208 cm³/mol. The Labute approximate surface area is 287 Å². The van der Waals surface area contributed by atoms with E-state index < -0.39 is 0 Å². The average molecular weight is 649 g/mol. The fourth-order valence-electron chi connectivity index (χ4n) is 6.58. The second-order valence-electron chi connectivity index (χ2n) is 11.7. The summed E-state index contributed by atoms with van der Waals surface area (Å²) in [7, 11) is 0. The van der Waals surface area contributed by atoms with Gasteiger partial charge >= 0.3 is 0 Å². The molecule has 0 fully saturated rings. The van der Waals surface area contributed by atoms with E-state index in [-0.39, 0.29) is 0 Å². The fourth-order valence-corrected chi connectivity index (χ4v) is 8.90. The van der Waals surface area contributed by atoms with Crippen molar-refractivity contribution in [2.45, 2.75) is 0 Å². The van der Waals surface area contributed by atoms with Gasteiger partial charge in [-0.25, -0.2) is 9.97 Å². The summed E-state index contributed by atoms with van der Waals surface area (Å²) in [5.74, 6) is 0. The molecule has 226 valence electrons. The Morgan fingerprint density at radius 1 is 0.271 bits per heavy atom. The standard InChI is InChI=1S/C44H28N2S2/c1-5-13-29(14-6-1)41-33-21-22-34(45-33)42(30-15-7-2-8-16-30)39-27-28-40(48-39)44(32-19-11-4-12-20-32)36-24-23-35(46-36)43(31-17-9-3-10-18-31)38-26-25-37(41)47-38/h1-28H. The summed E-state index contributed by atoms with van der Waals surface area (Å²) >= 11 is 3.59. The van der Waals surface area contributed by atoms with Crippen LogP contribution in [0, 0.1) is 0 Å². The van der Waals surface area contributed by atoms with Crippen LogP contribution in [-0.2, 0) is 0 Å². The number of hydrogen-bond donors (Lipinski definition) is 0. The van der Waals surface area contributed by atoms with Crippen molar-refractivity contribution in [1.29, 1.82) is 0 Å². The summed E-state index contributed by atoms with van der Waals surface area (Å²) in [6, 6.07) is 51.6. The molecule has 0 atom stereocenters. The lowest BCUT2D eigenvalue weighted by molar-refractivity contribution is 1.33. The number of hydrogen-bond acceptors (Lipinski definition) is 4. The number of aromatic nitrogens is 2. The second kappa shape index (κ2) is 12.2. The molecule has 9 rings (SSSR count). The number of benzene rings is 4. The van der Waals surface area contributed by atoms with E-state index in [1.807, 2.05) is 0 Å². The van der Waals surface area contributed by atoms with Crippen molar-refractivity contribution in [3.8, 4) is 44.5 Å². The van der Waals surface area contributed by atoms with Crippen molar-refractivity contribution in [3.63, 3.8) is 0 Å². The molecule has 0 aliphatic carbocycles. The quantitative estimate of drug-likeness (QED) is 0.190. The maximum absolute atomic E-state index is 5.40. The first-order chi connectivity index (χ1) is 23.8. The molecule has 0 saturated heterocycles. The van der Waals surface area contributed by atoms with Crippen molar-refractivity contribution in [2.24, 2.45) is 0 Å². The molecule has 2 nitrogen and oxygen atoms in total. The Morgan fingerprint density at radius 3 is 0.729 bits per heavy atom. The van der Waals surface area contributed by atoms with Crippen LogP contribution < -0.4 is 0 Å². The highest BCUT2D eigenvalue weighted by Gasteiger charge is 2.19. The molecule has 8 bridgehead atoms. The predicted octanol–water partition coefficient (Wildman–Crippen LogP) is 12.8. The average Bonchev–Trinajstić information content (AvgIpc) is 3.98. The van der Waals surface area contributed by atoms with Crippen molar-refractivity contribution >= 4 is 65.8 Å². The molecule has 0 spiro atoms. The molecular weight excluding hydrogens is 621 g/mol. The second-order valence-corrected chi connectivity index (χ2v) is 13.9. The number of rotatable bonds is 4. The van der Waals surface area contributed by atoms with Gasteiger partial charge < -0.3 is 0 Å². The van der Waals surface area contributed by atoms with Crippen LogP contribution in [0.15, 0.2) is 146 Å². The lowest BCUT2D eigenvalue weighted by Crippen LogP contribution is -1.86. The minimum atomic E-state index is 0.966. The monoisotopic (exact) mass is 648 g/mol. The zero-order valence-electron chi connectivity index (χ0n) is 25.9. The molecule has 0 amide bonds. The van der Waals surface area contributed by atoms with E-state index >= 15 is 0 Å². The number of fused-ring (bicyclic) bond motifs is 8. The molecule has 0 saturated carbocycles. The third-order valence-corrected chi connectivity index (χ3v) is 11.0. The summed E-state index contributed by atoms with van der Waals surface area (Å²) < 4.78 is 4.68. The summed E-state index contributed by atoms with van der Waals surface area (Å²) in [6.07, 6.45) is 8.72. The summed E-state index contributed by atoms with van der Waals surface area (Å²) in [5.41, 5.74) is 13.0. The van der Waals surface area contributed by atoms with E-state index in [1.54, 1.807) is 22.7 Å². The Kier molecular flexibility index (Phi) is 7.23. The van der Waals surface area contributed by atoms with Gasteiger partial charge in [0.15, 0.2) is 0 Å². The van der Waals surface area contributed by atoms with Gasteiger partial charge in [0.2, 0.25) is 0 Å². The Bertz CT molecular complexity index is 2180. The van der Waals surface area contributed by atoms with Crippen LogP contribution in [-0.4, -0.2) is 9.97 Å². The topological polar surface area (TPSA) is 25.8 Å². The molecule has 7 aromatic rings. The lowest BCUT2D eigenvalue weighted by atomic mass is 10.0. The van der Waals surface area contributed by atoms with Crippen molar-refractivity contribution in [2.75, 3.05) is 0 Å². The van der Waals surface area contributed by atoms with Crippen LogP contribution in [0.4, 0.5) is 0 Å². The molecule has 0 unspecified atom stereocenters. The Balaban J connectivity index is 1.49. The first kappa shape index (κ1) is 28.5. The lowest BCUT2D eigenvalue weighted by Gasteiger charge is -2.06. The molecule has 0 radical (unpaired) electrons. The van der Waals surface area contributed by atoms with Crippen molar-refractivity contribution in [1.82, 2.24) is 9.97 Å². The SMILES string of the molecule is C1=Cc2nc1c(-c1ccccc1)c1ccc(s1)c(-c1ccccc1)c1nc(c(-c3ccccc3)c3ccc(s3)c2-c2ccccc2)C=C1. The van der Waals surface area contributed by atoms with Gasteiger partial charge in [-0.3, -0.25) is 0 Å². The van der Waals surface area contributed by atoms with Crippen LogP contribution in [0.25, 0.3) is 87.6 Å². The van der Waals surface area contributed by atoms with E-state index in [2.05, 4.69) is 170 Å². The van der Waals surface area contributed by atoms with E-state index in [1.165, 1.54) is 18.8 Å². The van der Waals surface area contributed by atoms with Gasteiger partial charge in [0.25, 0.3) is 0 Å². The molecule has 2 aliphatic heterocycles. The van der Waals surface area contributed by atoms with Gasteiger partial charge in [-0.05, 0) is 70.8 Å². The van der Waals surface area contributed by atoms with Crippen LogP contribution in [0.5, 0.6) is 0 Å². The fraction of sp³-hybridized carbons (Fsp3) is 0. The zero-order valence-corrected chi connectivity index (χ0v) is 27.5. The maximum Gasteiger partial charge on any atom is 0.0730 e. The maximum atomic E-state index is 5.40. The normalized spacial score (nSPS) is 12.0. The molecular formula is C44H28N2S2. The van der Waals surface area contributed by atoms with Gasteiger partial charge in [0.1, 0.15) is 0 Å². The molecule has 2 aliphatic rings. The van der Waals surface area contributed by atoms with Crippen molar-refractivity contribution in [3.05, 3.63) is 168 Å². The van der Waals surface area contributed by atoms with Gasteiger partial charge in [0.05, 0.1) is 22.8 Å². The smallest absolute Gasteiger partial charge is 0.0730 e. The van der Waals surface area contributed by atoms with Crippen LogP contribution >= 0.6 is 22.7 Å². The minimum absolute atomic E-state index is 0.966. The third kappa shape index (κ3) is 5.12. The highest BCUT2D eigenvalue weighted by atomic mass is 32.1. The summed E-state index contributed by atoms with van der Waals surface area (Å²) in [4.78, 5) is 10.8. The molecule has 0 N–H and O–H groups in total. The van der Waals surface area contributed by atoms with E-state index in [0.29, 0.717) is 0 Å². The van der Waals surface area contributed by atoms with Crippen LogP contribution in [0.2, 0.25) is 0 Å². The third-order valence-electron chi connectivity index (χ3n) is 8.75. The summed E-state index contributed by atoms with van der Waals surface area (Å²) in [5, 5.41) is 0. The van der Waals surface area contributed by atoms with Gasteiger partial charge in [-0.2, -0.15) is 0 Å². The van der Waals surface area contributed by atoms with Gasteiger partial charge in [-0.15, -0.1) is 22.7 Å². The number of thiophene rings is 2. The molecule has 3 aromatic heterocycles. The summed E-state index contributed by atoms with van der Waals surface area (Å²) in [6.45, 7) is 0. The Hall–Kier alpha value is -5.68. The first-order valence-electron chi connectivity index (χ1n) is 16.0. The minimum Gasteiger partial charge on any atom is -0.248 e. The largest absolute Gasteiger partial charge is 0.248 e. The first-order valence-corrected chi connectivity index (χ1v) is 17.6. The van der Waals surface area contributed by atoms with E-state index in [4.69, 9.17) is 9.97 Å². The molecule has 48 heavy (non-hydrogen) atoms. The van der Waals surface area contributed by atoms with Gasteiger partial charge in [0, 0.05) is 41.1 Å². The molecule has 5 heterocycles. The Morgan fingerprint density at radius 2 is 0.500 bits per heavy atom. The van der Waals surface area contributed by atoms with Crippen molar-refractivity contribution < 1.29 is 0 Å². The van der Waals surface area contributed by atoms with E-state index in [0.717, 1.165) is 67.3 Å². The van der Waals surface area contributed by atoms with Gasteiger partial charge in [-0.1, -0.05) is 121 Å². The highest BCUT2D eigenvalue weighted by Crippen LogP contribution is 2.42.